The Morgan fingerprint density at radius 1 is 1.09 bits per heavy atom. The molecule has 6 rings (SSSR count). The smallest absolute Gasteiger partial charge is 0.100 e. The number of aryl methyl sites for hydroxylation is 2. The molecule has 1 saturated heterocycles. The molecule has 2 aromatic heterocycles. The van der Waals surface area contributed by atoms with Crippen LogP contribution in [-0.4, -0.2) is 44.1 Å². The van der Waals surface area contributed by atoms with Crippen LogP contribution in [-0.2, 0) is 13.1 Å². The molecule has 0 bridgehead atoms. The summed E-state index contributed by atoms with van der Waals surface area (Å²) in [7, 11) is 0. The first kappa shape index (κ1) is 21.9. The average molecular weight is 465 g/mol. The first-order valence-electron chi connectivity index (χ1n) is 12.5. The van der Waals surface area contributed by atoms with Gasteiger partial charge >= 0.3 is 0 Å². The van der Waals surface area contributed by atoms with E-state index in [9.17, 15) is 0 Å². The number of rotatable bonds is 4. The lowest BCUT2D eigenvalue weighted by molar-refractivity contribution is 0.111. The second-order valence-electron chi connectivity index (χ2n) is 10.0. The summed E-state index contributed by atoms with van der Waals surface area (Å²) in [5.41, 5.74) is 9.20. The molecule has 0 radical (unpaired) electrons. The fraction of sp³-hybridized carbons (Fsp3) is 0.310. The molecule has 4 heterocycles. The van der Waals surface area contributed by atoms with Crippen molar-refractivity contribution in [3.8, 4) is 11.3 Å². The van der Waals surface area contributed by atoms with Gasteiger partial charge in [0, 0.05) is 54.2 Å². The van der Waals surface area contributed by atoms with Crippen LogP contribution in [0.3, 0.4) is 0 Å². The molecule has 2 N–H and O–H groups in total. The maximum absolute atomic E-state index is 4.64. The van der Waals surface area contributed by atoms with Gasteiger partial charge in [-0.15, -0.1) is 0 Å². The Morgan fingerprint density at radius 3 is 2.77 bits per heavy atom. The number of aromatic amines is 1. The zero-order valence-corrected chi connectivity index (χ0v) is 20.5. The van der Waals surface area contributed by atoms with Gasteiger partial charge < -0.3 is 10.2 Å². The van der Waals surface area contributed by atoms with Gasteiger partial charge in [-0.1, -0.05) is 36.4 Å². The van der Waals surface area contributed by atoms with Crippen molar-refractivity contribution in [2.45, 2.75) is 45.8 Å². The van der Waals surface area contributed by atoms with Crippen molar-refractivity contribution in [1.29, 1.82) is 0 Å². The van der Waals surface area contributed by atoms with Gasteiger partial charge in [-0.2, -0.15) is 5.10 Å². The van der Waals surface area contributed by atoms with Crippen LogP contribution < -0.4 is 5.32 Å². The van der Waals surface area contributed by atoms with Crippen molar-refractivity contribution in [2.24, 2.45) is 0 Å². The second-order valence-corrected chi connectivity index (χ2v) is 10.0. The molecule has 0 unspecified atom stereocenters. The largest absolute Gasteiger partial charge is 0.350 e. The Kier molecular flexibility index (Phi) is 5.53. The van der Waals surface area contributed by atoms with Crippen molar-refractivity contribution in [3.05, 3.63) is 89.5 Å². The summed E-state index contributed by atoms with van der Waals surface area (Å²) >= 11 is 0. The molecular formula is C29H32N6. The molecule has 35 heavy (non-hydrogen) atoms. The van der Waals surface area contributed by atoms with E-state index < -0.39 is 0 Å². The van der Waals surface area contributed by atoms with Gasteiger partial charge in [-0.3, -0.25) is 15.0 Å². The minimum atomic E-state index is 0.449. The number of hydrogen-bond acceptors (Lipinski definition) is 5. The third kappa shape index (κ3) is 4.30. The minimum Gasteiger partial charge on any atom is -0.350 e. The number of benzene rings is 2. The van der Waals surface area contributed by atoms with Gasteiger partial charge in [0.15, 0.2) is 0 Å². The maximum atomic E-state index is 4.64. The van der Waals surface area contributed by atoms with E-state index >= 15 is 0 Å². The zero-order valence-electron chi connectivity index (χ0n) is 20.5. The summed E-state index contributed by atoms with van der Waals surface area (Å²) in [5, 5.41) is 12.6. The lowest BCUT2D eigenvalue weighted by Gasteiger charge is -2.43. The first-order valence-corrected chi connectivity index (χ1v) is 12.5. The second kappa shape index (κ2) is 8.86. The summed E-state index contributed by atoms with van der Waals surface area (Å²) in [4.78, 5) is 9.39. The van der Waals surface area contributed by atoms with Crippen LogP contribution in [0.15, 0.2) is 67.1 Å². The highest BCUT2D eigenvalue weighted by atomic mass is 15.3. The van der Waals surface area contributed by atoms with Crippen molar-refractivity contribution in [3.63, 3.8) is 0 Å². The van der Waals surface area contributed by atoms with Crippen LogP contribution in [0.2, 0.25) is 0 Å². The molecule has 0 aliphatic carbocycles. The third-order valence-electron chi connectivity index (χ3n) is 7.37. The fourth-order valence-electron chi connectivity index (χ4n) is 5.51. The monoisotopic (exact) mass is 464 g/mol. The van der Waals surface area contributed by atoms with Crippen molar-refractivity contribution in [2.75, 3.05) is 18.4 Å². The van der Waals surface area contributed by atoms with E-state index in [1.54, 1.807) is 0 Å². The highest BCUT2D eigenvalue weighted by Gasteiger charge is 2.30. The Hall–Kier alpha value is -3.64. The predicted molar refractivity (Wildman–Crippen MR) is 142 cm³/mol. The standard InChI is InChI=1S/C29H32N6/c1-19-6-8-22(9-7-19)16-34-12-4-5-25(18-34)35-17-24-14-26-28(15-27(24)31-21(35)3)32-33-29(26)23-10-11-30-20(2)13-23/h6-11,13-15,25,31H,3-5,12,16-18H2,1-2H3,(H,32,33)/t25-/m1/s1. The van der Waals surface area contributed by atoms with E-state index in [1.165, 1.54) is 29.5 Å². The molecule has 6 nitrogen and oxygen atoms in total. The lowest BCUT2D eigenvalue weighted by atomic mass is 9.99. The van der Waals surface area contributed by atoms with Crippen molar-refractivity contribution < 1.29 is 0 Å². The third-order valence-corrected chi connectivity index (χ3v) is 7.37. The van der Waals surface area contributed by atoms with Gasteiger partial charge in [-0.05, 0) is 68.6 Å². The molecule has 1 atom stereocenters. The number of likely N-dealkylation sites (tertiary alicyclic amines) is 1. The van der Waals surface area contributed by atoms with Crippen LogP contribution in [0.5, 0.6) is 0 Å². The van der Waals surface area contributed by atoms with Gasteiger partial charge in [0.2, 0.25) is 0 Å². The van der Waals surface area contributed by atoms with Crippen molar-refractivity contribution in [1.82, 2.24) is 25.0 Å². The molecule has 4 aromatic rings. The highest BCUT2D eigenvalue weighted by Crippen LogP contribution is 2.36. The van der Waals surface area contributed by atoms with Crippen LogP contribution >= 0.6 is 0 Å². The number of anilines is 1. The molecule has 178 valence electrons. The van der Waals surface area contributed by atoms with E-state index in [-0.39, 0.29) is 0 Å². The van der Waals surface area contributed by atoms with Crippen molar-refractivity contribution >= 4 is 16.6 Å². The molecule has 0 saturated carbocycles. The summed E-state index contributed by atoms with van der Waals surface area (Å²) in [6, 6.07) is 18.0. The quantitative estimate of drug-likeness (QED) is 0.411. The van der Waals surface area contributed by atoms with Crippen LogP contribution in [0, 0.1) is 13.8 Å². The minimum absolute atomic E-state index is 0.449. The van der Waals surface area contributed by atoms with E-state index in [1.807, 2.05) is 19.2 Å². The number of pyridine rings is 1. The maximum Gasteiger partial charge on any atom is 0.100 e. The molecule has 1 fully saturated rings. The highest BCUT2D eigenvalue weighted by molar-refractivity contribution is 5.95. The first-order chi connectivity index (χ1) is 17.0. The van der Waals surface area contributed by atoms with Gasteiger partial charge in [0.1, 0.15) is 5.69 Å². The Bertz CT molecular complexity index is 1390. The topological polar surface area (TPSA) is 60.1 Å². The van der Waals surface area contributed by atoms with Gasteiger partial charge in [0.05, 0.1) is 11.3 Å². The molecular weight excluding hydrogens is 432 g/mol. The molecule has 6 heteroatoms. The number of nitrogens with one attached hydrogen (secondary N) is 2. The van der Waals surface area contributed by atoms with E-state index in [0.29, 0.717) is 6.04 Å². The van der Waals surface area contributed by atoms with Gasteiger partial charge in [-0.25, -0.2) is 0 Å². The van der Waals surface area contributed by atoms with E-state index in [2.05, 4.69) is 86.3 Å². The molecule has 2 aromatic carbocycles. The van der Waals surface area contributed by atoms with E-state index in [4.69, 9.17) is 0 Å². The lowest BCUT2D eigenvalue weighted by Crippen LogP contribution is -2.48. The molecule has 0 amide bonds. The normalized spacial score (nSPS) is 18.5. The summed E-state index contributed by atoms with van der Waals surface area (Å²) in [5.74, 6) is 0.989. The number of H-pyrrole nitrogens is 1. The summed E-state index contributed by atoms with van der Waals surface area (Å²) in [6.45, 7) is 12.6. The number of hydrogen-bond donors (Lipinski definition) is 2. The predicted octanol–water partition coefficient (Wildman–Crippen LogP) is 5.61. The SMILES string of the molecule is C=C1Nc2cc3[nH]nc(-c4ccnc(C)c4)c3cc2CN1[C@@H]1CCCN(Cc2ccc(C)cc2)C1. The zero-order chi connectivity index (χ0) is 23.9. The van der Waals surface area contributed by atoms with Crippen LogP contribution in [0.4, 0.5) is 5.69 Å². The van der Waals surface area contributed by atoms with Crippen LogP contribution in [0.25, 0.3) is 22.2 Å². The number of piperidine rings is 1. The Labute approximate surface area is 206 Å². The fourth-order valence-corrected chi connectivity index (χ4v) is 5.51. The van der Waals surface area contributed by atoms with Gasteiger partial charge in [0.25, 0.3) is 0 Å². The molecule has 2 aliphatic rings. The number of fused-ring (bicyclic) bond motifs is 2. The summed E-state index contributed by atoms with van der Waals surface area (Å²) < 4.78 is 0. The van der Waals surface area contributed by atoms with E-state index in [0.717, 1.165) is 65.5 Å². The van der Waals surface area contributed by atoms with Crippen LogP contribution in [0.1, 0.15) is 35.2 Å². The summed E-state index contributed by atoms with van der Waals surface area (Å²) in [6.07, 6.45) is 4.25. The molecule has 2 aliphatic heterocycles. The number of aromatic nitrogens is 3. The Balaban J connectivity index is 1.24. The Morgan fingerprint density at radius 2 is 1.94 bits per heavy atom. The molecule has 0 spiro atoms. The average Bonchev–Trinajstić information content (AvgIpc) is 3.26. The number of nitrogens with zero attached hydrogens (tertiary/aromatic N) is 4.